The number of rotatable bonds is 10. The number of carbonyl (C=O) groups excluding carboxylic acids is 2. The molecule has 222 valence electrons. The number of hydrogen-bond donors (Lipinski definition) is 0. The lowest BCUT2D eigenvalue weighted by Gasteiger charge is -2.22. The standard InChI is InChI=1S/C30H29Cl3N2O6S/c1-18(2)15-35-19(3)28(30(37)40-4)25(29(35)36)14-22-8-9-23(41-22)17-34(16-20-5-12-26(32)27(33)13-20)42(38,39)24-10-6-21(31)7-11-24/h5-14,18H,15-17H2,1-4H3/b25-14+. The van der Waals surface area contributed by atoms with Gasteiger partial charge < -0.3 is 14.1 Å². The second-order valence-corrected chi connectivity index (χ2v) is 13.3. The molecular formula is C30H29Cl3N2O6S. The number of carbonyl (C=O) groups is 2. The molecule has 2 heterocycles. The predicted octanol–water partition coefficient (Wildman–Crippen LogP) is 6.96. The molecule has 0 saturated carbocycles. The first-order valence-corrected chi connectivity index (χ1v) is 15.5. The highest BCUT2D eigenvalue weighted by molar-refractivity contribution is 7.89. The third-order valence-corrected chi connectivity index (χ3v) is 9.34. The summed E-state index contributed by atoms with van der Waals surface area (Å²) in [5.41, 5.74) is 1.41. The number of ether oxygens (including phenoxy) is 1. The topological polar surface area (TPSA) is 97.1 Å². The lowest BCUT2D eigenvalue weighted by atomic mass is 10.1. The summed E-state index contributed by atoms with van der Waals surface area (Å²) in [6, 6.07) is 14.0. The van der Waals surface area contributed by atoms with Crippen LogP contribution in [0.1, 0.15) is 37.9 Å². The first-order valence-electron chi connectivity index (χ1n) is 12.9. The van der Waals surface area contributed by atoms with E-state index in [-0.39, 0.29) is 46.7 Å². The minimum atomic E-state index is -4.01. The molecule has 0 N–H and O–H groups in total. The van der Waals surface area contributed by atoms with Crippen LogP contribution in [0.15, 0.2) is 80.8 Å². The molecule has 3 aromatic rings. The van der Waals surface area contributed by atoms with Crippen LogP contribution in [0, 0.1) is 5.92 Å². The number of allylic oxidation sites excluding steroid dienone is 1. The molecule has 4 rings (SSSR count). The van der Waals surface area contributed by atoms with Gasteiger partial charge in [-0.1, -0.05) is 54.7 Å². The molecule has 0 saturated heterocycles. The van der Waals surface area contributed by atoms with Crippen molar-refractivity contribution < 1.29 is 27.2 Å². The normalized spacial score (nSPS) is 15.0. The highest BCUT2D eigenvalue weighted by Crippen LogP contribution is 2.33. The van der Waals surface area contributed by atoms with Crippen LogP contribution < -0.4 is 0 Å². The maximum Gasteiger partial charge on any atom is 0.340 e. The summed E-state index contributed by atoms with van der Waals surface area (Å²) in [7, 11) is -2.76. The Kier molecular flexibility index (Phi) is 9.90. The van der Waals surface area contributed by atoms with E-state index in [1.54, 1.807) is 42.2 Å². The Morgan fingerprint density at radius 3 is 2.33 bits per heavy atom. The van der Waals surface area contributed by atoms with Crippen molar-refractivity contribution in [2.24, 2.45) is 5.92 Å². The van der Waals surface area contributed by atoms with Gasteiger partial charge in [0.25, 0.3) is 5.91 Å². The Hall–Kier alpha value is -3.08. The molecule has 1 amide bonds. The van der Waals surface area contributed by atoms with Gasteiger partial charge in [-0.3, -0.25) is 4.79 Å². The Morgan fingerprint density at radius 1 is 1.02 bits per heavy atom. The summed E-state index contributed by atoms with van der Waals surface area (Å²) in [4.78, 5) is 27.5. The summed E-state index contributed by atoms with van der Waals surface area (Å²) in [6.45, 7) is 5.90. The number of benzene rings is 2. The van der Waals surface area contributed by atoms with Crippen LogP contribution in [0.5, 0.6) is 0 Å². The molecule has 0 aliphatic carbocycles. The number of halogens is 3. The van der Waals surface area contributed by atoms with Crippen molar-refractivity contribution in [2.75, 3.05) is 13.7 Å². The number of amides is 1. The van der Waals surface area contributed by atoms with E-state index in [2.05, 4.69) is 0 Å². The summed E-state index contributed by atoms with van der Waals surface area (Å²) in [6.07, 6.45) is 1.47. The van der Waals surface area contributed by atoms with E-state index in [1.807, 2.05) is 13.8 Å². The molecule has 1 aliphatic rings. The zero-order valence-electron chi connectivity index (χ0n) is 23.4. The molecule has 12 heteroatoms. The van der Waals surface area contributed by atoms with Crippen LogP contribution in [0.3, 0.4) is 0 Å². The van der Waals surface area contributed by atoms with Crippen molar-refractivity contribution in [3.63, 3.8) is 0 Å². The lowest BCUT2D eigenvalue weighted by Crippen LogP contribution is -2.30. The van der Waals surface area contributed by atoms with E-state index < -0.39 is 16.0 Å². The molecule has 0 fully saturated rings. The van der Waals surface area contributed by atoms with Crippen LogP contribution in [0.25, 0.3) is 6.08 Å². The van der Waals surface area contributed by atoms with Gasteiger partial charge in [0.05, 0.1) is 39.7 Å². The van der Waals surface area contributed by atoms with E-state index in [1.165, 1.54) is 41.8 Å². The van der Waals surface area contributed by atoms with Gasteiger partial charge in [-0.15, -0.1) is 0 Å². The average molecular weight is 652 g/mol. The number of hydrogen-bond acceptors (Lipinski definition) is 6. The Balaban J connectivity index is 1.68. The van der Waals surface area contributed by atoms with Crippen molar-refractivity contribution in [3.05, 3.63) is 104 Å². The maximum absolute atomic E-state index is 13.7. The van der Waals surface area contributed by atoms with Crippen LogP contribution in [-0.4, -0.2) is 43.2 Å². The predicted molar refractivity (Wildman–Crippen MR) is 162 cm³/mol. The van der Waals surface area contributed by atoms with Gasteiger partial charge >= 0.3 is 5.97 Å². The first kappa shape index (κ1) is 31.8. The SMILES string of the molecule is COC(=O)C1=C(C)N(CC(C)C)C(=O)/C1=C/c1ccc(CN(Cc2ccc(Cl)c(Cl)c2)S(=O)(=O)c2ccc(Cl)cc2)o1. The average Bonchev–Trinajstić information content (AvgIpc) is 3.47. The third kappa shape index (κ3) is 6.93. The van der Waals surface area contributed by atoms with Crippen molar-refractivity contribution in [2.45, 2.75) is 38.8 Å². The molecule has 42 heavy (non-hydrogen) atoms. The number of furan rings is 1. The molecule has 0 atom stereocenters. The van der Waals surface area contributed by atoms with E-state index in [0.717, 1.165) is 0 Å². The molecule has 0 bridgehead atoms. The maximum atomic E-state index is 13.7. The van der Waals surface area contributed by atoms with Gasteiger partial charge in [0.15, 0.2) is 0 Å². The minimum Gasteiger partial charge on any atom is -0.465 e. The largest absolute Gasteiger partial charge is 0.465 e. The molecule has 8 nitrogen and oxygen atoms in total. The third-order valence-electron chi connectivity index (χ3n) is 6.54. The van der Waals surface area contributed by atoms with Crippen LogP contribution in [0.4, 0.5) is 0 Å². The minimum absolute atomic E-state index is 0.0317. The van der Waals surface area contributed by atoms with Crippen LogP contribution in [0.2, 0.25) is 15.1 Å². The van der Waals surface area contributed by atoms with Crippen molar-refractivity contribution in [1.82, 2.24) is 9.21 Å². The zero-order valence-corrected chi connectivity index (χ0v) is 26.4. The van der Waals surface area contributed by atoms with Gasteiger partial charge in [-0.2, -0.15) is 4.31 Å². The fourth-order valence-corrected chi connectivity index (χ4v) is 6.35. The summed E-state index contributed by atoms with van der Waals surface area (Å²) >= 11 is 18.2. The zero-order chi connectivity index (χ0) is 30.8. The number of sulfonamides is 1. The molecule has 1 aliphatic heterocycles. The van der Waals surface area contributed by atoms with E-state index in [0.29, 0.717) is 38.6 Å². The van der Waals surface area contributed by atoms with Crippen molar-refractivity contribution in [1.29, 1.82) is 0 Å². The molecule has 1 aromatic heterocycles. The van der Waals surface area contributed by atoms with Crippen LogP contribution >= 0.6 is 34.8 Å². The van der Waals surface area contributed by atoms with Gasteiger partial charge in [-0.05, 0) is 73.0 Å². The lowest BCUT2D eigenvalue weighted by molar-refractivity contribution is -0.136. The highest BCUT2D eigenvalue weighted by Gasteiger charge is 2.37. The van der Waals surface area contributed by atoms with Gasteiger partial charge in [0.1, 0.15) is 11.5 Å². The Morgan fingerprint density at radius 2 is 1.71 bits per heavy atom. The van der Waals surface area contributed by atoms with Gasteiger partial charge in [0, 0.05) is 23.8 Å². The number of esters is 1. The van der Waals surface area contributed by atoms with E-state index >= 15 is 0 Å². The highest BCUT2D eigenvalue weighted by atomic mass is 35.5. The summed E-state index contributed by atoms with van der Waals surface area (Å²) in [5, 5.41) is 1.04. The second-order valence-electron chi connectivity index (χ2n) is 10.1. The molecule has 0 unspecified atom stereocenters. The fourth-order valence-electron chi connectivity index (χ4n) is 4.51. The Labute approximate surface area is 260 Å². The smallest absolute Gasteiger partial charge is 0.340 e. The molecule has 2 aromatic carbocycles. The number of methoxy groups -OCH3 is 1. The van der Waals surface area contributed by atoms with Crippen LogP contribution in [-0.2, 0) is 37.4 Å². The van der Waals surface area contributed by atoms with Gasteiger partial charge in [-0.25, -0.2) is 13.2 Å². The van der Waals surface area contributed by atoms with E-state index in [4.69, 9.17) is 44.0 Å². The molecular weight excluding hydrogens is 623 g/mol. The van der Waals surface area contributed by atoms with Gasteiger partial charge in [0.2, 0.25) is 10.0 Å². The summed E-state index contributed by atoms with van der Waals surface area (Å²) < 4.78 is 39.6. The monoisotopic (exact) mass is 650 g/mol. The first-order chi connectivity index (χ1) is 19.8. The Bertz CT molecular complexity index is 1680. The molecule has 0 spiro atoms. The summed E-state index contributed by atoms with van der Waals surface area (Å²) in [5.74, 6) is -0.226. The second kappa shape index (κ2) is 13.1. The quantitative estimate of drug-likeness (QED) is 0.174. The van der Waals surface area contributed by atoms with Crippen molar-refractivity contribution >= 4 is 62.8 Å². The fraction of sp³-hybridized carbons (Fsp3) is 0.267. The molecule has 0 radical (unpaired) electrons. The number of nitrogens with zero attached hydrogens (tertiary/aromatic N) is 2. The van der Waals surface area contributed by atoms with Crippen molar-refractivity contribution in [3.8, 4) is 0 Å². The van der Waals surface area contributed by atoms with E-state index in [9.17, 15) is 18.0 Å².